The van der Waals surface area contributed by atoms with Crippen molar-refractivity contribution in [1.29, 1.82) is 0 Å². The van der Waals surface area contributed by atoms with Gasteiger partial charge in [0.2, 0.25) is 0 Å². The Bertz CT molecular complexity index is 1130. The predicted molar refractivity (Wildman–Crippen MR) is 125 cm³/mol. The van der Waals surface area contributed by atoms with E-state index in [1.165, 1.54) is 0 Å². The minimum atomic E-state index is -0.366. The number of carbonyl (C=O) groups is 1. The van der Waals surface area contributed by atoms with E-state index in [4.69, 9.17) is 25.8 Å². The summed E-state index contributed by atoms with van der Waals surface area (Å²) in [5.74, 6) is 1.77. The number of hydrogen-bond acceptors (Lipinski definition) is 4. The second kappa shape index (κ2) is 9.53. The summed E-state index contributed by atoms with van der Waals surface area (Å²) in [5, 5.41) is 0.607. The summed E-state index contributed by atoms with van der Waals surface area (Å²) in [6.45, 7) is 2.93. The molecule has 0 unspecified atom stereocenters. The molecule has 166 valence electrons. The van der Waals surface area contributed by atoms with Crippen molar-refractivity contribution in [3.8, 4) is 17.2 Å². The van der Waals surface area contributed by atoms with Gasteiger partial charge in [-0.2, -0.15) is 0 Å². The molecule has 0 radical (unpaired) electrons. The normalized spacial score (nSPS) is 15.1. The van der Waals surface area contributed by atoms with Crippen molar-refractivity contribution < 1.29 is 19.0 Å². The summed E-state index contributed by atoms with van der Waals surface area (Å²) in [5.41, 5.74) is 3.49. The maximum absolute atomic E-state index is 13.8. The lowest BCUT2D eigenvalue weighted by atomic mass is 9.87. The molecule has 1 amide bonds. The number of fused-ring (bicyclic) bond motifs is 1. The fraction of sp³-hybridized carbons (Fsp3) is 0.269. The highest BCUT2D eigenvalue weighted by molar-refractivity contribution is 6.31. The molecule has 1 atom stereocenters. The Labute approximate surface area is 193 Å². The summed E-state index contributed by atoms with van der Waals surface area (Å²) in [7, 11) is 3.23. The smallest absolute Gasteiger partial charge is 0.258 e. The number of rotatable bonds is 6. The van der Waals surface area contributed by atoms with Gasteiger partial charge >= 0.3 is 0 Å². The zero-order chi connectivity index (χ0) is 22.7. The third-order valence-corrected chi connectivity index (χ3v) is 6.10. The third kappa shape index (κ3) is 4.00. The van der Waals surface area contributed by atoms with Crippen molar-refractivity contribution in [2.24, 2.45) is 0 Å². The number of benzene rings is 3. The van der Waals surface area contributed by atoms with E-state index >= 15 is 0 Å². The number of halogens is 1. The summed E-state index contributed by atoms with van der Waals surface area (Å²) in [6, 6.07) is 18.6. The van der Waals surface area contributed by atoms with Gasteiger partial charge in [-0.25, -0.2) is 0 Å². The first kappa shape index (κ1) is 22.0. The average molecular weight is 452 g/mol. The van der Waals surface area contributed by atoms with Gasteiger partial charge in [-0.3, -0.25) is 4.79 Å². The SMILES string of the molecule is CCOc1ccccc1C(=O)N1CCc2cc(OC)c(OC)cc2[C@@H]1c1ccccc1Cl. The van der Waals surface area contributed by atoms with Gasteiger partial charge in [-0.1, -0.05) is 41.9 Å². The van der Waals surface area contributed by atoms with Crippen molar-refractivity contribution >= 4 is 17.5 Å². The molecule has 0 spiro atoms. The highest BCUT2D eigenvalue weighted by Gasteiger charge is 2.35. The molecule has 0 fully saturated rings. The fourth-order valence-electron chi connectivity index (χ4n) is 4.28. The second-order valence-corrected chi connectivity index (χ2v) is 7.91. The molecular weight excluding hydrogens is 426 g/mol. The highest BCUT2D eigenvalue weighted by Crippen LogP contribution is 2.43. The molecule has 32 heavy (non-hydrogen) atoms. The average Bonchev–Trinajstić information content (AvgIpc) is 2.83. The molecule has 5 nitrogen and oxygen atoms in total. The van der Waals surface area contributed by atoms with Crippen molar-refractivity contribution in [3.63, 3.8) is 0 Å². The van der Waals surface area contributed by atoms with Gasteiger partial charge in [0.05, 0.1) is 32.4 Å². The summed E-state index contributed by atoms with van der Waals surface area (Å²) < 4.78 is 16.8. The molecule has 1 heterocycles. The van der Waals surface area contributed by atoms with Crippen LogP contribution in [0.1, 0.15) is 40.0 Å². The molecule has 1 aliphatic heterocycles. The van der Waals surface area contributed by atoms with Crippen molar-refractivity contribution in [3.05, 3.63) is 87.9 Å². The van der Waals surface area contributed by atoms with Gasteiger partial charge in [0.15, 0.2) is 11.5 Å². The first-order valence-electron chi connectivity index (χ1n) is 10.6. The van der Waals surface area contributed by atoms with Gasteiger partial charge < -0.3 is 19.1 Å². The van der Waals surface area contributed by atoms with E-state index in [-0.39, 0.29) is 11.9 Å². The van der Waals surface area contributed by atoms with Crippen LogP contribution in [-0.4, -0.2) is 38.2 Å². The van der Waals surface area contributed by atoms with E-state index in [2.05, 4.69) is 0 Å². The van der Waals surface area contributed by atoms with E-state index in [9.17, 15) is 4.79 Å². The Morgan fingerprint density at radius 3 is 2.38 bits per heavy atom. The van der Waals surface area contributed by atoms with Crippen LogP contribution in [0, 0.1) is 0 Å². The van der Waals surface area contributed by atoms with E-state index in [0.717, 1.165) is 16.7 Å². The number of carbonyl (C=O) groups excluding carboxylic acids is 1. The van der Waals surface area contributed by atoms with Crippen LogP contribution in [0.15, 0.2) is 60.7 Å². The number of nitrogens with zero attached hydrogens (tertiary/aromatic N) is 1. The third-order valence-electron chi connectivity index (χ3n) is 5.75. The summed E-state index contributed by atoms with van der Waals surface area (Å²) in [4.78, 5) is 15.7. The van der Waals surface area contributed by atoms with Crippen LogP contribution in [-0.2, 0) is 6.42 Å². The Kier molecular flexibility index (Phi) is 6.56. The number of methoxy groups -OCH3 is 2. The lowest BCUT2D eigenvalue weighted by Gasteiger charge is -2.38. The predicted octanol–water partition coefficient (Wildman–Crippen LogP) is 5.54. The molecule has 0 aliphatic carbocycles. The molecule has 3 aromatic rings. The molecule has 3 aromatic carbocycles. The fourth-order valence-corrected chi connectivity index (χ4v) is 4.52. The number of ether oxygens (including phenoxy) is 3. The standard InChI is InChI=1S/C26H26ClNO4/c1-4-32-22-12-8-6-10-19(22)26(29)28-14-13-17-15-23(30-2)24(31-3)16-20(17)25(28)18-9-5-7-11-21(18)27/h5-12,15-16,25H,4,13-14H2,1-3H3/t25-/m0/s1. The van der Waals surface area contributed by atoms with Crippen molar-refractivity contribution in [1.82, 2.24) is 4.90 Å². The van der Waals surface area contributed by atoms with E-state index in [1.54, 1.807) is 20.3 Å². The van der Waals surface area contributed by atoms with Gasteiger partial charge in [0, 0.05) is 11.6 Å². The number of hydrogen-bond donors (Lipinski definition) is 0. The number of para-hydroxylation sites is 1. The second-order valence-electron chi connectivity index (χ2n) is 7.51. The quantitative estimate of drug-likeness (QED) is 0.493. The Hall–Kier alpha value is -3.18. The van der Waals surface area contributed by atoms with Crippen molar-refractivity contribution in [2.45, 2.75) is 19.4 Å². The zero-order valence-electron chi connectivity index (χ0n) is 18.4. The van der Waals surface area contributed by atoms with Crippen molar-refractivity contribution in [2.75, 3.05) is 27.4 Å². The van der Waals surface area contributed by atoms with E-state index in [1.807, 2.05) is 66.4 Å². The molecule has 0 N–H and O–H groups in total. The van der Waals surface area contributed by atoms with Gasteiger partial charge in [-0.05, 0) is 60.4 Å². The van der Waals surface area contributed by atoms with Crippen LogP contribution >= 0.6 is 11.6 Å². The monoisotopic (exact) mass is 451 g/mol. The zero-order valence-corrected chi connectivity index (χ0v) is 19.2. The Morgan fingerprint density at radius 2 is 1.66 bits per heavy atom. The molecular formula is C26H26ClNO4. The van der Waals surface area contributed by atoms with Crippen LogP contribution in [0.25, 0.3) is 0 Å². The molecule has 0 aromatic heterocycles. The van der Waals surface area contributed by atoms with Gasteiger partial charge in [-0.15, -0.1) is 0 Å². The number of amides is 1. The molecule has 1 aliphatic rings. The van der Waals surface area contributed by atoms with Crippen LogP contribution in [0.3, 0.4) is 0 Å². The van der Waals surface area contributed by atoms with Gasteiger partial charge in [0.1, 0.15) is 5.75 Å². The Morgan fingerprint density at radius 1 is 0.969 bits per heavy atom. The van der Waals surface area contributed by atoms with E-state index < -0.39 is 0 Å². The molecule has 4 rings (SSSR count). The molecule has 0 saturated heterocycles. The van der Waals surface area contributed by atoms with Crippen LogP contribution < -0.4 is 14.2 Å². The minimum absolute atomic E-state index is 0.0978. The van der Waals surface area contributed by atoms with Crippen LogP contribution in [0.5, 0.6) is 17.2 Å². The summed E-state index contributed by atoms with van der Waals surface area (Å²) in [6.07, 6.45) is 0.694. The van der Waals surface area contributed by atoms with Crippen LogP contribution in [0.2, 0.25) is 5.02 Å². The largest absolute Gasteiger partial charge is 0.493 e. The first-order valence-corrected chi connectivity index (χ1v) is 11.0. The molecule has 0 bridgehead atoms. The van der Waals surface area contributed by atoms with E-state index in [0.29, 0.717) is 47.4 Å². The van der Waals surface area contributed by atoms with Crippen LogP contribution in [0.4, 0.5) is 0 Å². The maximum Gasteiger partial charge on any atom is 0.258 e. The topological polar surface area (TPSA) is 48.0 Å². The molecule has 6 heteroatoms. The first-order chi connectivity index (χ1) is 15.6. The lowest BCUT2D eigenvalue weighted by molar-refractivity contribution is 0.0690. The minimum Gasteiger partial charge on any atom is -0.493 e. The van der Waals surface area contributed by atoms with Gasteiger partial charge in [0.25, 0.3) is 5.91 Å². The maximum atomic E-state index is 13.8. The lowest BCUT2D eigenvalue weighted by Crippen LogP contribution is -2.41. The molecule has 0 saturated carbocycles. The Balaban J connectivity index is 1.87. The summed E-state index contributed by atoms with van der Waals surface area (Å²) >= 11 is 6.63. The highest BCUT2D eigenvalue weighted by atomic mass is 35.5.